The number of methoxy groups -OCH3 is 1. The van der Waals surface area contributed by atoms with Crippen molar-refractivity contribution in [3.05, 3.63) is 36.7 Å². The van der Waals surface area contributed by atoms with Crippen LogP contribution in [0.5, 0.6) is 0 Å². The van der Waals surface area contributed by atoms with E-state index in [0.29, 0.717) is 0 Å². The van der Waals surface area contributed by atoms with Gasteiger partial charge in [0.1, 0.15) is 0 Å². The zero-order valence-electron chi connectivity index (χ0n) is 11.6. The maximum Gasteiger partial charge on any atom is 0.313 e. The molecular weight excluding hydrogens is 332 g/mol. The largest absolute Gasteiger partial charge is 0.469 e. The Bertz CT molecular complexity index is 621. The number of carbonyl (C=O) groups is 1. The lowest BCUT2D eigenvalue weighted by atomic mass is 9.93. The number of pyridine rings is 1. The quantitative estimate of drug-likeness (QED) is 0.472. The van der Waals surface area contributed by atoms with Gasteiger partial charge in [-0.15, -0.1) is 0 Å². The van der Waals surface area contributed by atoms with E-state index in [1.54, 1.807) is 13.8 Å². The Labute approximate surface area is 123 Å². The summed E-state index contributed by atoms with van der Waals surface area (Å²) in [5.74, 6) is -0.497. The fourth-order valence-electron chi connectivity index (χ4n) is 1.77. The summed E-state index contributed by atoms with van der Waals surface area (Å²) in [5.41, 5.74) is -1.32. The van der Waals surface area contributed by atoms with Gasteiger partial charge in [-0.2, -0.15) is 0 Å². The first-order chi connectivity index (χ1) is 9.11. The maximum atomic E-state index is 12.1. The number of nitro groups is 1. The molecule has 0 amide bonds. The first kappa shape index (κ1) is 16.4. The Morgan fingerprint density at radius 1 is 1.55 bits per heavy atom. The fraction of sp³-hybridized carbons (Fsp3) is 0.500. The molecule has 1 rings (SSSR count). The Balaban J connectivity index is 3.37. The second-order valence-corrected chi connectivity index (χ2v) is 5.81. The van der Waals surface area contributed by atoms with Gasteiger partial charge >= 0.3 is 5.97 Å². The molecule has 0 saturated carbocycles. The minimum atomic E-state index is -0.971. The van der Waals surface area contributed by atoms with Crippen LogP contribution in [0.3, 0.4) is 0 Å². The summed E-state index contributed by atoms with van der Waals surface area (Å²) in [4.78, 5) is 34.1. The van der Waals surface area contributed by atoms with E-state index in [9.17, 15) is 19.7 Å². The van der Waals surface area contributed by atoms with Crippen molar-refractivity contribution in [2.45, 2.75) is 27.3 Å². The van der Waals surface area contributed by atoms with Gasteiger partial charge < -0.3 is 9.30 Å². The molecule has 0 N–H and O–H groups in total. The second kappa shape index (κ2) is 5.74. The number of hydrogen-bond donors (Lipinski definition) is 0. The van der Waals surface area contributed by atoms with E-state index in [1.807, 2.05) is 0 Å². The van der Waals surface area contributed by atoms with E-state index in [1.165, 1.54) is 14.0 Å². The van der Waals surface area contributed by atoms with E-state index in [2.05, 4.69) is 20.7 Å². The standard InChI is InChI=1S/C12H15BrN2O5/c1-7-8(15(18)19)5-14(10(16)9(7)13)6-12(2,3)11(17)20-4/h5H,6H2,1-4H3. The summed E-state index contributed by atoms with van der Waals surface area (Å²) in [5, 5.41) is 11.0. The van der Waals surface area contributed by atoms with Crippen LogP contribution in [0.2, 0.25) is 0 Å². The monoisotopic (exact) mass is 346 g/mol. The van der Waals surface area contributed by atoms with Gasteiger partial charge in [-0.05, 0) is 36.7 Å². The minimum absolute atomic E-state index is 0.0156. The molecule has 7 nitrogen and oxygen atoms in total. The van der Waals surface area contributed by atoms with Gasteiger partial charge in [0.15, 0.2) is 0 Å². The molecule has 0 bridgehead atoms. The van der Waals surface area contributed by atoms with E-state index in [0.717, 1.165) is 10.8 Å². The van der Waals surface area contributed by atoms with Crippen LogP contribution < -0.4 is 5.56 Å². The number of hydrogen-bond acceptors (Lipinski definition) is 5. The topological polar surface area (TPSA) is 91.4 Å². The fourth-order valence-corrected chi connectivity index (χ4v) is 2.20. The summed E-state index contributed by atoms with van der Waals surface area (Å²) in [6.45, 7) is 4.67. The van der Waals surface area contributed by atoms with Crippen LogP contribution in [0.25, 0.3) is 0 Å². The van der Waals surface area contributed by atoms with Crippen molar-refractivity contribution in [3.8, 4) is 0 Å². The summed E-state index contributed by atoms with van der Waals surface area (Å²) in [7, 11) is 1.25. The van der Waals surface area contributed by atoms with Crippen LogP contribution >= 0.6 is 15.9 Å². The summed E-state index contributed by atoms with van der Waals surface area (Å²) in [6, 6.07) is 0. The van der Waals surface area contributed by atoms with Gasteiger partial charge in [-0.3, -0.25) is 19.7 Å². The van der Waals surface area contributed by atoms with Gasteiger partial charge in [0.05, 0.1) is 28.1 Å². The average molecular weight is 347 g/mol. The summed E-state index contributed by atoms with van der Waals surface area (Å²) >= 11 is 3.06. The number of carbonyl (C=O) groups excluding carboxylic acids is 1. The molecule has 0 radical (unpaired) electrons. The van der Waals surface area contributed by atoms with Crippen LogP contribution in [0, 0.1) is 22.5 Å². The van der Waals surface area contributed by atoms with Crippen LogP contribution in [0.4, 0.5) is 5.69 Å². The molecule has 0 spiro atoms. The predicted molar refractivity (Wildman–Crippen MR) is 75.6 cm³/mol. The molecule has 0 aromatic carbocycles. The number of rotatable bonds is 4. The lowest BCUT2D eigenvalue weighted by Crippen LogP contribution is -2.35. The van der Waals surface area contributed by atoms with Crippen molar-refractivity contribution < 1.29 is 14.5 Å². The Morgan fingerprint density at radius 3 is 2.55 bits per heavy atom. The van der Waals surface area contributed by atoms with E-state index in [-0.39, 0.29) is 22.3 Å². The van der Waals surface area contributed by atoms with Crippen molar-refractivity contribution in [2.24, 2.45) is 5.41 Å². The molecule has 0 aliphatic rings. The van der Waals surface area contributed by atoms with Crippen molar-refractivity contribution >= 4 is 27.6 Å². The van der Waals surface area contributed by atoms with Crippen LogP contribution in [-0.4, -0.2) is 22.6 Å². The Morgan fingerprint density at radius 2 is 2.10 bits per heavy atom. The number of aromatic nitrogens is 1. The number of esters is 1. The first-order valence-corrected chi connectivity index (χ1v) is 6.53. The third-order valence-electron chi connectivity index (χ3n) is 2.94. The summed E-state index contributed by atoms with van der Waals surface area (Å²) < 4.78 is 5.92. The lowest BCUT2D eigenvalue weighted by molar-refractivity contribution is -0.386. The van der Waals surface area contributed by atoms with Gasteiger partial charge in [-0.1, -0.05) is 0 Å². The highest BCUT2D eigenvalue weighted by Crippen LogP contribution is 2.25. The normalized spacial score (nSPS) is 11.2. The van der Waals surface area contributed by atoms with Gasteiger partial charge in [-0.25, -0.2) is 0 Å². The molecule has 0 fully saturated rings. The number of nitrogens with zero attached hydrogens (tertiary/aromatic N) is 2. The van der Waals surface area contributed by atoms with Crippen molar-refractivity contribution in [1.82, 2.24) is 4.57 Å². The average Bonchev–Trinajstić information content (AvgIpc) is 2.37. The highest BCUT2D eigenvalue weighted by atomic mass is 79.9. The number of halogens is 1. The van der Waals surface area contributed by atoms with Gasteiger partial charge in [0.25, 0.3) is 11.2 Å². The van der Waals surface area contributed by atoms with Gasteiger partial charge in [0, 0.05) is 12.1 Å². The van der Waals surface area contributed by atoms with Crippen molar-refractivity contribution in [1.29, 1.82) is 0 Å². The zero-order chi connectivity index (χ0) is 15.7. The molecule has 1 aromatic heterocycles. The highest BCUT2D eigenvalue weighted by molar-refractivity contribution is 9.10. The van der Waals surface area contributed by atoms with Crippen LogP contribution in [-0.2, 0) is 16.1 Å². The lowest BCUT2D eigenvalue weighted by Gasteiger charge is -2.22. The highest BCUT2D eigenvalue weighted by Gasteiger charge is 2.31. The van der Waals surface area contributed by atoms with E-state index in [4.69, 9.17) is 0 Å². The van der Waals surface area contributed by atoms with Crippen LogP contribution in [0.1, 0.15) is 19.4 Å². The Kier molecular flexibility index (Phi) is 4.69. The van der Waals surface area contributed by atoms with Gasteiger partial charge in [0.2, 0.25) is 0 Å². The SMILES string of the molecule is COC(=O)C(C)(C)Cn1cc([N+](=O)[O-])c(C)c(Br)c1=O. The first-order valence-electron chi connectivity index (χ1n) is 5.74. The molecule has 0 aliphatic heterocycles. The Hall–Kier alpha value is -1.70. The molecule has 0 saturated heterocycles. The smallest absolute Gasteiger partial charge is 0.313 e. The minimum Gasteiger partial charge on any atom is -0.469 e. The third kappa shape index (κ3) is 3.06. The van der Waals surface area contributed by atoms with Crippen LogP contribution in [0.15, 0.2) is 15.5 Å². The predicted octanol–water partition coefficient (Wildman–Crippen LogP) is 2.03. The molecule has 1 heterocycles. The summed E-state index contributed by atoms with van der Waals surface area (Å²) in [6.07, 6.45) is 1.15. The second-order valence-electron chi connectivity index (χ2n) is 5.02. The third-order valence-corrected chi connectivity index (χ3v) is 3.87. The molecule has 0 aliphatic carbocycles. The molecule has 0 atom stereocenters. The molecule has 0 unspecified atom stereocenters. The van der Waals surface area contributed by atoms with Crippen molar-refractivity contribution in [2.75, 3.05) is 7.11 Å². The molecule has 20 heavy (non-hydrogen) atoms. The molecule has 110 valence electrons. The van der Waals surface area contributed by atoms with Crippen molar-refractivity contribution in [3.63, 3.8) is 0 Å². The zero-order valence-corrected chi connectivity index (χ0v) is 13.2. The number of ether oxygens (including phenoxy) is 1. The maximum absolute atomic E-state index is 12.1. The van der Waals surface area contributed by atoms with E-state index < -0.39 is 21.9 Å². The molecule has 8 heteroatoms. The molecular formula is C12H15BrN2O5. The van der Waals surface area contributed by atoms with E-state index >= 15 is 0 Å². The molecule has 1 aromatic rings.